The minimum absolute atomic E-state index is 0.160. The molecule has 0 spiro atoms. The summed E-state index contributed by atoms with van der Waals surface area (Å²) in [6.45, 7) is 1.93. The predicted octanol–water partition coefficient (Wildman–Crippen LogP) is 3.27. The van der Waals surface area contributed by atoms with Gasteiger partial charge in [0.25, 0.3) is 5.91 Å². The monoisotopic (exact) mass is 321 g/mol. The molecule has 98 valence electrons. The van der Waals surface area contributed by atoms with Gasteiger partial charge < -0.3 is 4.42 Å². The Balaban J connectivity index is 1.74. The summed E-state index contributed by atoms with van der Waals surface area (Å²) in [4.78, 5) is 12.0. The Morgan fingerprint density at radius 3 is 2.89 bits per heavy atom. The van der Waals surface area contributed by atoms with Crippen LogP contribution in [0.15, 0.2) is 27.1 Å². The molecule has 1 aliphatic rings. The SMILES string of the molecule is Cc1cc(C(=O)Nc2nnc(C3CC3)o2)ccc1Br. The van der Waals surface area contributed by atoms with E-state index in [1.165, 1.54) is 0 Å². The fourth-order valence-corrected chi connectivity index (χ4v) is 1.98. The van der Waals surface area contributed by atoms with Gasteiger partial charge in [0.1, 0.15) is 0 Å². The van der Waals surface area contributed by atoms with Crippen molar-refractivity contribution in [2.24, 2.45) is 0 Å². The third-order valence-electron chi connectivity index (χ3n) is 3.01. The van der Waals surface area contributed by atoms with Crippen molar-refractivity contribution >= 4 is 27.9 Å². The molecule has 3 rings (SSSR count). The van der Waals surface area contributed by atoms with Gasteiger partial charge in [-0.2, -0.15) is 0 Å². The number of anilines is 1. The molecule has 0 bridgehead atoms. The highest BCUT2D eigenvalue weighted by molar-refractivity contribution is 9.10. The maximum Gasteiger partial charge on any atom is 0.322 e. The molecule has 6 heteroatoms. The van der Waals surface area contributed by atoms with Crippen LogP contribution in [-0.2, 0) is 0 Å². The Morgan fingerprint density at radius 2 is 2.21 bits per heavy atom. The molecule has 19 heavy (non-hydrogen) atoms. The molecule has 2 aromatic rings. The van der Waals surface area contributed by atoms with E-state index in [2.05, 4.69) is 31.4 Å². The summed E-state index contributed by atoms with van der Waals surface area (Å²) in [6.07, 6.45) is 2.17. The second-order valence-electron chi connectivity index (χ2n) is 4.64. The van der Waals surface area contributed by atoms with Gasteiger partial charge in [0.05, 0.1) is 0 Å². The molecule has 1 heterocycles. The van der Waals surface area contributed by atoms with E-state index >= 15 is 0 Å². The summed E-state index contributed by atoms with van der Waals surface area (Å²) in [5, 5.41) is 10.4. The fraction of sp³-hybridized carbons (Fsp3) is 0.308. The van der Waals surface area contributed by atoms with Gasteiger partial charge in [0.15, 0.2) is 0 Å². The third kappa shape index (κ3) is 2.68. The van der Waals surface area contributed by atoms with Crippen LogP contribution in [0.4, 0.5) is 6.01 Å². The number of nitrogens with one attached hydrogen (secondary N) is 1. The highest BCUT2D eigenvalue weighted by atomic mass is 79.9. The molecular weight excluding hydrogens is 310 g/mol. The lowest BCUT2D eigenvalue weighted by atomic mass is 10.1. The number of aromatic nitrogens is 2. The first-order valence-electron chi connectivity index (χ1n) is 6.04. The topological polar surface area (TPSA) is 68.0 Å². The van der Waals surface area contributed by atoms with E-state index in [1.807, 2.05) is 13.0 Å². The molecule has 0 aliphatic heterocycles. The zero-order valence-electron chi connectivity index (χ0n) is 10.3. The predicted molar refractivity (Wildman–Crippen MR) is 73.1 cm³/mol. The highest BCUT2D eigenvalue weighted by Gasteiger charge is 2.29. The Morgan fingerprint density at radius 1 is 1.42 bits per heavy atom. The molecule has 1 aromatic carbocycles. The Bertz CT molecular complexity index is 635. The maximum absolute atomic E-state index is 12.0. The van der Waals surface area contributed by atoms with E-state index in [0.717, 1.165) is 22.9 Å². The van der Waals surface area contributed by atoms with Crippen LogP contribution in [0.1, 0.15) is 40.6 Å². The van der Waals surface area contributed by atoms with Crippen molar-refractivity contribution < 1.29 is 9.21 Å². The molecule has 1 saturated carbocycles. The zero-order chi connectivity index (χ0) is 13.4. The summed E-state index contributed by atoms with van der Waals surface area (Å²) in [7, 11) is 0. The molecule has 0 saturated heterocycles. The summed E-state index contributed by atoms with van der Waals surface area (Å²) in [6, 6.07) is 5.54. The Labute approximate surface area is 118 Å². The number of nitrogens with zero attached hydrogens (tertiary/aromatic N) is 2. The van der Waals surface area contributed by atoms with Gasteiger partial charge in [-0.05, 0) is 43.5 Å². The number of amides is 1. The van der Waals surface area contributed by atoms with Crippen molar-refractivity contribution in [3.8, 4) is 0 Å². The van der Waals surface area contributed by atoms with Crippen LogP contribution < -0.4 is 5.32 Å². The van der Waals surface area contributed by atoms with Crippen molar-refractivity contribution in [1.82, 2.24) is 10.2 Å². The van der Waals surface area contributed by atoms with E-state index in [0.29, 0.717) is 17.4 Å². The van der Waals surface area contributed by atoms with Crippen LogP contribution in [0.5, 0.6) is 0 Å². The van der Waals surface area contributed by atoms with E-state index in [9.17, 15) is 4.79 Å². The van der Waals surface area contributed by atoms with E-state index in [4.69, 9.17) is 4.42 Å². The lowest BCUT2D eigenvalue weighted by Gasteiger charge is -2.03. The molecule has 1 amide bonds. The van der Waals surface area contributed by atoms with Gasteiger partial charge in [-0.15, -0.1) is 5.10 Å². The van der Waals surface area contributed by atoms with Crippen LogP contribution in [0.3, 0.4) is 0 Å². The lowest BCUT2D eigenvalue weighted by Crippen LogP contribution is -2.12. The summed E-state index contributed by atoms with van der Waals surface area (Å²) >= 11 is 3.40. The number of aryl methyl sites for hydroxylation is 1. The van der Waals surface area contributed by atoms with Gasteiger partial charge in [-0.1, -0.05) is 21.0 Å². The number of carbonyl (C=O) groups is 1. The number of halogens is 1. The number of benzene rings is 1. The maximum atomic E-state index is 12.0. The van der Waals surface area contributed by atoms with Gasteiger partial charge in [0, 0.05) is 16.0 Å². The fourth-order valence-electron chi connectivity index (χ4n) is 1.74. The minimum Gasteiger partial charge on any atom is -0.408 e. The normalized spacial score (nSPS) is 14.4. The van der Waals surface area contributed by atoms with E-state index in [1.54, 1.807) is 12.1 Å². The van der Waals surface area contributed by atoms with Crippen molar-refractivity contribution in [3.63, 3.8) is 0 Å². The molecule has 0 radical (unpaired) electrons. The van der Waals surface area contributed by atoms with E-state index in [-0.39, 0.29) is 11.9 Å². The first-order chi connectivity index (χ1) is 9.13. The van der Waals surface area contributed by atoms with Crippen LogP contribution in [0, 0.1) is 6.92 Å². The third-order valence-corrected chi connectivity index (χ3v) is 3.90. The van der Waals surface area contributed by atoms with Crippen molar-refractivity contribution in [2.45, 2.75) is 25.7 Å². The van der Waals surface area contributed by atoms with E-state index < -0.39 is 0 Å². The summed E-state index contributed by atoms with van der Waals surface area (Å²) in [5.41, 5.74) is 1.56. The van der Waals surface area contributed by atoms with Crippen LogP contribution >= 0.6 is 15.9 Å². The minimum atomic E-state index is -0.249. The molecular formula is C13H12BrN3O2. The van der Waals surface area contributed by atoms with Gasteiger partial charge in [-0.3, -0.25) is 10.1 Å². The Hall–Kier alpha value is -1.69. The molecule has 1 fully saturated rings. The van der Waals surface area contributed by atoms with Crippen LogP contribution in [0.25, 0.3) is 0 Å². The van der Waals surface area contributed by atoms with Gasteiger partial charge in [0.2, 0.25) is 5.89 Å². The van der Waals surface area contributed by atoms with Crippen molar-refractivity contribution in [1.29, 1.82) is 0 Å². The summed E-state index contributed by atoms with van der Waals surface area (Å²) < 4.78 is 6.36. The zero-order valence-corrected chi connectivity index (χ0v) is 11.9. The average Bonchev–Trinajstić information content (AvgIpc) is 3.14. The molecule has 0 unspecified atom stereocenters. The standard InChI is InChI=1S/C13H12BrN3O2/c1-7-6-9(4-5-10(7)14)11(18)15-13-17-16-12(19-13)8-2-3-8/h4-6,8H,2-3H2,1H3,(H,15,17,18). The molecule has 1 aliphatic carbocycles. The largest absolute Gasteiger partial charge is 0.408 e. The molecule has 5 nitrogen and oxygen atoms in total. The van der Waals surface area contributed by atoms with Crippen LogP contribution in [0.2, 0.25) is 0 Å². The molecule has 0 atom stereocenters. The average molecular weight is 322 g/mol. The first-order valence-corrected chi connectivity index (χ1v) is 6.83. The Kier molecular flexibility index (Phi) is 3.10. The summed E-state index contributed by atoms with van der Waals surface area (Å²) in [5.74, 6) is 0.747. The lowest BCUT2D eigenvalue weighted by molar-refractivity contribution is 0.102. The van der Waals surface area contributed by atoms with Gasteiger partial charge >= 0.3 is 6.01 Å². The van der Waals surface area contributed by atoms with Crippen molar-refractivity contribution in [3.05, 3.63) is 39.7 Å². The number of carbonyl (C=O) groups excluding carboxylic acids is 1. The molecule has 1 aromatic heterocycles. The second-order valence-corrected chi connectivity index (χ2v) is 5.49. The van der Waals surface area contributed by atoms with Crippen molar-refractivity contribution in [2.75, 3.05) is 5.32 Å². The molecule has 1 N–H and O–H groups in total. The highest BCUT2D eigenvalue weighted by Crippen LogP contribution is 2.39. The number of hydrogen-bond donors (Lipinski definition) is 1. The quantitative estimate of drug-likeness (QED) is 0.942. The van der Waals surface area contributed by atoms with Crippen LogP contribution in [-0.4, -0.2) is 16.1 Å². The van der Waals surface area contributed by atoms with Gasteiger partial charge in [-0.25, -0.2) is 0 Å². The smallest absolute Gasteiger partial charge is 0.322 e. The second kappa shape index (κ2) is 4.77. The number of rotatable bonds is 3. The first kappa shape index (κ1) is 12.3. The number of hydrogen-bond acceptors (Lipinski definition) is 4.